The molecule has 82 valence electrons. The van der Waals surface area contributed by atoms with Crippen molar-refractivity contribution in [1.82, 2.24) is 0 Å². The van der Waals surface area contributed by atoms with Crippen molar-refractivity contribution in [3.8, 4) is 0 Å². The molecule has 0 aromatic heterocycles. The summed E-state index contributed by atoms with van der Waals surface area (Å²) in [5.74, 6) is -0.631. The second-order valence-corrected chi connectivity index (χ2v) is 3.68. The molecule has 3 N–H and O–H groups in total. The summed E-state index contributed by atoms with van der Waals surface area (Å²) in [4.78, 5) is 10.6. The zero-order valence-corrected chi connectivity index (χ0v) is 8.88. The minimum Gasteiger partial charge on any atom is -0.382 e. The number of carbonyl (C=O) groups is 1. The molecule has 0 aliphatic rings. The average Bonchev–Trinajstić information content (AvgIpc) is 2.10. The lowest BCUT2D eigenvalue weighted by molar-refractivity contribution is -0.118. The Morgan fingerprint density at radius 2 is 2.27 bits per heavy atom. The molecule has 0 radical (unpaired) electrons. The van der Waals surface area contributed by atoms with Gasteiger partial charge in [-0.25, -0.2) is 4.39 Å². The lowest BCUT2D eigenvalue weighted by Crippen LogP contribution is -2.24. The predicted octanol–water partition coefficient (Wildman–Crippen LogP) is 1.81. The van der Waals surface area contributed by atoms with E-state index >= 15 is 0 Å². The summed E-state index contributed by atoms with van der Waals surface area (Å²) in [6, 6.07) is 4.78. The van der Waals surface area contributed by atoms with Crippen LogP contribution in [0.3, 0.4) is 0 Å². The molecular weight excluding hydrogens is 195 g/mol. The maximum atomic E-state index is 13.2. The van der Waals surface area contributed by atoms with Gasteiger partial charge in [-0.05, 0) is 31.5 Å². The maximum Gasteiger partial charge on any atom is 0.219 e. The molecule has 1 atom stereocenters. The largest absolute Gasteiger partial charge is 0.382 e. The first-order chi connectivity index (χ1) is 6.99. The van der Waals surface area contributed by atoms with Gasteiger partial charge in [-0.2, -0.15) is 0 Å². The zero-order valence-electron chi connectivity index (χ0n) is 8.88. The van der Waals surface area contributed by atoms with Gasteiger partial charge in [0.2, 0.25) is 5.91 Å². The average molecular weight is 210 g/mol. The van der Waals surface area contributed by atoms with E-state index in [0.717, 1.165) is 0 Å². The Labute approximate surface area is 88.5 Å². The van der Waals surface area contributed by atoms with Gasteiger partial charge in [0.15, 0.2) is 0 Å². The molecule has 0 aliphatic carbocycles. The smallest absolute Gasteiger partial charge is 0.219 e. The second-order valence-electron chi connectivity index (χ2n) is 3.68. The van der Waals surface area contributed by atoms with Crippen LogP contribution in [0.15, 0.2) is 18.2 Å². The van der Waals surface area contributed by atoms with Crippen LogP contribution in [0, 0.1) is 12.7 Å². The summed E-state index contributed by atoms with van der Waals surface area (Å²) in [6.07, 6.45) is 0.232. The summed E-state index contributed by atoms with van der Waals surface area (Å²) in [5.41, 5.74) is 6.31. The van der Waals surface area contributed by atoms with Gasteiger partial charge < -0.3 is 11.1 Å². The van der Waals surface area contributed by atoms with Crippen molar-refractivity contribution in [3.05, 3.63) is 29.6 Å². The number of rotatable bonds is 4. The highest BCUT2D eigenvalue weighted by molar-refractivity contribution is 5.74. The molecule has 15 heavy (non-hydrogen) atoms. The zero-order chi connectivity index (χ0) is 11.4. The Morgan fingerprint density at radius 1 is 1.60 bits per heavy atom. The number of nitrogens with one attached hydrogen (secondary N) is 1. The minimum atomic E-state index is -0.373. The number of hydrogen-bond donors (Lipinski definition) is 2. The molecule has 4 heteroatoms. The Hall–Kier alpha value is -1.58. The Kier molecular flexibility index (Phi) is 3.66. The first kappa shape index (κ1) is 11.5. The fourth-order valence-electron chi connectivity index (χ4n) is 1.32. The Balaban J connectivity index is 2.64. The van der Waals surface area contributed by atoms with Crippen molar-refractivity contribution in [3.63, 3.8) is 0 Å². The van der Waals surface area contributed by atoms with Gasteiger partial charge in [0, 0.05) is 18.2 Å². The number of primary amides is 1. The molecule has 1 rings (SSSR count). The second kappa shape index (κ2) is 4.77. The third-order valence-corrected chi connectivity index (χ3v) is 2.09. The van der Waals surface area contributed by atoms with Crippen LogP contribution in [0.5, 0.6) is 0 Å². The summed E-state index contributed by atoms with van der Waals surface area (Å²) in [7, 11) is 0. The highest BCUT2D eigenvalue weighted by Crippen LogP contribution is 2.14. The monoisotopic (exact) mass is 210 g/mol. The minimum absolute atomic E-state index is 0.0930. The van der Waals surface area contributed by atoms with E-state index in [9.17, 15) is 9.18 Å². The third kappa shape index (κ3) is 3.58. The number of anilines is 1. The first-order valence-electron chi connectivity index (χ1n) is 4.80. The van der Waals surface area contributed by atoms with Crippen LogP contribution >= 0.6 is 0 Å². The number of nitrogens with two attached hydrogens (primary N) is 1. The van der Waals surface area contributed by atoms with E-state index < -0.39 is 0 Å². The van der Waals surface area contributed by atoms with Crippen molar-refractivity contribution >= 4 is 11.6 Å². The van der Waals surface area contributed by atoms with Crippen LogP contribution in [-0.4, -0.2) is 11.9 Å². The number of aryl methyl sites for hydroxylation is 1. The van der Waals surface area contributed by atoms with Crippen LogP contribution in [0.25, 0.3) is 0 Å². The highest BCUT2D eigenvalue weighted by atomic mass is 19.1. The van der Waals surface area contributed by atoms with Gasteiger partial charge in [-0.3, -0.25) is 4.79 Å². The molecule has 0 fully saturated rings. The van der Waals surface area contributed by atoms with E-state index in [1.807, 2.05) is 6.92 Å². The van der Waals surface area contributed by atoms with Crippen molar-refractivity contribution in [1.29, 1.82) is 0 Å². The summed E-state index contributed by atoms with van der Waals surface area (Å²) in [6.45, 7) is 3.52. The number of amides is 1. The summed E-state index contributed by atoms with van der Waals surface area (Å²) in [5, 5.41) is 3.00. The molecule has 1 unspecified atom stereocenters. The molecule has 0 heterocycles. The highest BCUT2D eigenvalue weighted by Gasteiger charge is 2.06. The summed E-state index contributed by atoms with van der Waals surface area (Å²) >= 11 is 0. The molecule has 0 saturated carbocycles. The molecule has 0 spiro atoms. The van der Waals surface area contributed by atoms with E-state index in [2.05, 4.69) is 5.32 Å². The lowest BCUT2D eigenvalue weighted by atomic mass is 10.2. The van der Waals surface area contributed by atoms with E-state index in [4.69, 9.17) is 5.73 Å². The maximum absolute atomic E-state index is 13.2. The summed E-state index contributed by atoms with van der Waals surface area (Å²) < 4.78 is 13.2. The predicted molar refractivity (Wildman–Crippen MR) is 58.0 cm³/mol. The van der Waals surface area contributed by atoms with Crippen molar-refractivity contribution in [2.75, 3.05) is 5.32 Å². The van der Waals surface area contributed by atoms with Crippen LogP contribution in [-0.2, 0) is 4.79 Å². The molecular formula is C11H15FN2O. The molecule has 1 amide bonds. The fraction of sp³-hybridized carbons (Fsp3) is 0.364. The van der Waals surface area contributed by atoms with E-state index in [1.165, 1.54) is 6.07 Å². The van der Waals surface area contributed by atoms with Gasteiger partial charge >= 0.3 is 0 Å². The van der Waals surface area contributed by atoms with Gasteiger partial charge in [-0.15, -0.1) is 0 Å². The molecule has 3 nitrogen and oxygen atoms in total. The van der Waals surface area contributed by atoms with E-state index in [1.54, 1.807) is 19.1 Å². The van der Waals surface area contributed by atoms with Crippen LogP contribution in [0.4, 0.5) is 10.1 Å². The van der Waals surface area contributed by atoms with Crippen LogP contribution in [0.1, 0.15) is 18.9 Å². The number of halogens is 1. The molecule has 0 saturated heterocycles. The van der Waals surface area contributed by atoms with Crippen molar-refractivity contribution < 1.29 is 9.18 Å². The number of carbonyl (C=O) groups excluding carboxylic acids is 1. The van der Waals surface area contributed by atoms with E-state index in [-0.39, 0.29) is 24.2 Å². The number of hydrogen-bond acceptors (Lipinski definition) is 2. The molecule has 0 aliphatic heterocycles. The Morgan fingerprint density at radius 3 is 2.80 bits per heavy atom. The Bertz CT molecular complexity index is 366. The molecule has 0 bridgehead atoms. The van der Waals surface area contributed by atoms with Crippen LogP contribution < -0.4 is 11.1 Å². The van der Waals surface area contributed by atoms with Gasteiger partial charge in [0.05, 0.1) is 0 Å². The van der Waals surface area contributed by atoms with Gasteiger partial charge in [-0.1, -0.05) is 6.07 Å². The third-order valence-electron chi connectivity index (χ3n) is 2.09. The fourth-order valence-corrected chi connectivity index (χ4v) is 1.32. The lowest BCUT2D eigenvalue weighted by Gasteiger charge is -2.13. The quantitative estimate of drug-likeness (QED) is 0.796. The molecule has 1 aromatic carbocycles. The first-order valence-corrected chi connectivity index (χ1v) is 4.80. The van der Waals surface area contributed by atoms with Crippen molar-refractivity contribution in [2.45, 2.75) is 26.3 Å². The SMILES string of the molecule is Cc1ccc(NC(C)CC(N)=O)cc1F. The van der Waals surface area contributed by atoms with Crippen molar-refractivity contribution in [2.24, 2.45) is 5.73 Å². The normalized spacial score (nSPS) is 12.2. The van der Waals surface area contributed by atoms with Gasteiger partial charge in [0.1, 0.15) is 5.82 Å². The van der Waals surface area contributed by atoms with E-state index in [0.29, 0.717) is 11.3 Å². The van der Waals surface area contributed by atoms with Crippen LogP contribution in [0.2, 0.25) is 0 Å². The molecule has 1 aromatic rings. The topological polar surface area (TPSA) is 55.1 Å². The number of benzene rings is 1. The standard InChI is InChI=1S/C11H15FN2O/c1-7-3-4-9(6-10(7)12)14-8(2)5-11(13)15/h3-4,6,8,14H,5H2,1-2H3,(H2,13,15). The van der Waals surface area contributed by atoms with Gasteiger partial charge in [0.25, 0.3) is 0 Å².